The predicted molar refractivity (Wildman–Crippen MR) is 80.0 cm³/mol. The summed E-state index contributed by atoms with van der Waals surface area (Å²) in [6.07, 6.45) is 7.34. The molecule has 3 heteroatoms. The molecule has 0 amide bonds. The Labute approximate surface area is 112 Å². The smallest absolute Gasteiger partial charge is 0.184 e. The summed E-state index contributed by atoms with van der Waals surface area (Å²) in [6.45, 7) is 11.5. The van der Waals surface area contributed by atoms with Crippen LogP contribution in [0.5, 0.6) is 0 Å². The van der Waals surface area contributed by atoms with Gasteiger partial charge in [-0.1, -0.05) is 42.6 Å². The zero-order valence-electron chi connectivity index (χ0n) is 11.7. The standard InChI is InChI=1S/C13H29BrOSi/c1-6-9-13(10-7-2,11-8-12-14)15-16(3,4)5/h6-12H2,1-5H3. The molecule has 16 heavy (non-hydrogen) atoms. The normalized spacial score (nSPS) is 13.1. The van der Waals surface area contributed by atoms with Crippen LogP contribution >= 0.6 is 15.9 Å². The molecule has 1 nitrogen and oxygen atoms in total. The predicted octanol–water partition coefficient (Wildman–Crippen LogP) is 5.35. The minimum absolute atomic E-state index is 0.168. The number of halogens is 1. The van der Waals surface area contributed by atoms with Crippen molar-refractivity contribution < 1.29 is 4.43 Å². The average molecular weight is 309 g/mol. The highest BCUT2D eigenvalue weighted by molar-refractivity contribution is 9.09. The number of hydrogen-bond acceptors (Lipinski definition) is 1. The van der Waals surface area contributed by atoms with E-state index in [-0.39, 0.29) is 5.60 Å². The van der Waals surface area contributed by atoms with E-state index in [1.807, 2.05) is 0 Å². The Bertz CT molecular complexity index is 171. The van der Waals surface area contributed by atoms with Crippen molar-refractivity contribution in [2.75, 3.05) is 5.33 Å². The SMILES string of the molecule is CCCC(CCC)(CCCBr)O[Si](C)(C)C. The summed E-state index contributed by atoms with van der Waals surface area (Å²) < 4.78 is 6.53. The van der Waals surface area contributed by atoms with Gasteiger partial charge < -0.3 is 4.43 Å². The van der Waals surface area contributed by atoms with Crippen molar-refractivity contribution in [3.05, 3.63) is 0 Å². The van der Waals surface area contributed by atoms with Crippen LogP contribution in [-0.4, -0.2) is 19.2 Å². The number of hydrogen-bond donors (Lipinski definition) is 0. The molecule has 0 rings (SSSR count). The van der Waals surface area contributed by atoms with Gasteiger partial charge in [0.15, 0.2) is 8.32 Å². The van der Waals surface area contributed by atoms with E-state index in [1.165, 1.54) is 38.5 Å². The van der Waals surface area contributed by atoms with Crippen LogP contribution in [0.4, 0.5) is 0 Å². The fraction of sp³-hybridized carbons (Fsp3) is 1.00. The van der Waals surface area contributed by atoms with Crippen LogP contribution in [-0.2, 0) is 4.43 Å². The van der Waals surface area contributed by atoms with Crippen LogP contribution in [0.2, 0.25) is 19.6 Å². The molecule has 0 N–H and O–H groups in total. The van der Waals surface area contributed by atoms with E-state index in [1.54, 1.807) is 0 Å². The van der Waals surface area contributed by atoms with Crippen molar-refractivity contribution in [2.45, 2.75) is 77.6 Å². The number of alkyl halides is 1. The first-order valence-corrected chi connectivity index (χ1v) is 11.2. The van der Waals surface area contributed by atoms with Crippen LogP contribution in [0, 0.1) is 0 Å². The summed E-state index contributed by atoms with van der Waals surface area (Å²) in [4.78, 5) is 0. The Morgan fingerprint density at radius 2 is 1.50 bits per heavy atom. The summed E-state index contributed by atoms with van der Waals surface area (Å²) in [5, 5.41) is 1.09. The van der Waals surface area contributed by atoms with Gasteiger partial charge in [-0.3, -0.25) is 0 Å². The number of rotatable bonds is 9. The van der Waals surface area contributed by atoms with E-state index < -0.39 is 8.32 Å². The summed E-state index contributed by atoms with van der Waals surface area (Å²) >= 11 is 3.54. The maximum atomic E-state index is 6.53. The Balaban J connectivity index is 4.62. The third-order valence-corrected chi connectivity index (χ3v) is 4.31. The second-order valence-corrected chi connectivity index (χ2v) is 10.9. The average Bonchev–Trinajstić information content (AvgIpc) is 2.13. The van der Waals surface area contributed by atoms with Crippen molar-refractivity contribution in [1.29, 1.82) is 0 Å². The summed E-state index contributed by atoms with van der Waals surface area (Å²) in [6, 6.07) is 0. The largest absolute Gasteiger partial charge is 0.412 e. The molecule has 0 aliphatic carbocycles. The van der Waals surface area contributed by atoms with E-state index in [0.29, 0.717) is 0 Å². The molecule has 0 fully saturated rings. The first-order valence-electron chi connectivity index (χ1n) is 6.65. The monoisotopic (exact) mass is 308 g/mol. The van der Waals surface area contributed by atoms with Gasteiger partial charge >= 0.3 is 0 Å². The van der Waals surface area contributed by atoms with Gasteiger partial charge in [-0.15, -0.1) is 0 Å². The zero-order valence-corrected chi connectivity index (χ0v) is 14.3. The fourth-order valence-corrected chi connectivity index (χ4v) is 4.36. The van der Waals surface area contributed by atoms with Gasteiger partial charge in [0.05, 0.1) is 5.60 Å². The molecule has 0 aromatic heterocycles. The summed E-state index contributed by atoms with van der Waals surface area (Å²) in [7, 11) is -1.43. The third-order valence-electron chi connectivity index (χ3n) is 2.70. The minimum atomic E-state index is -1.43. The molecular formula is C13H29BrOSi. The molecule has 0 unspecified atom stereocenters. The molecule has 0 radical (unpaired) electrons. The second kappa shape index (κ2) is 7.88. The second-order valence-electron chi connectivity index (χ2n) is 5.69. The molecule has 0 aromatic rings. The van der Waals surface area contributed by atoms with Crippen molar-refractivity contribution in [2.24, 2.45) is 0 Å². The highest BCUT2D eigenvalue weighted by Crippen LogP contribution is 2.33. The van der Waals surface area contributed by atoms with Crippen molar-refractivity contribution in [1.82, 2.24) is 0 Å². The van der Waals surface area contributed by atoms with Gasteiger partial charge in [-0.2, -0.15) is 0 Å². The van der Waals surface area contributed by atoms with Gasteiger partial charge in [0.2, 0.25) is 0 Å². The highest BCUT2D eigenvalue weighted by atomic mass is 79.9. The van der Waals surface area contributed by atoms with E-state index in [0.717, 1.165) is 5.33 Å². The lowest BCUT2D eigenvalue weighted by Crippen LogP contribution is -2.42. The first-order chi connectivity index (χ1) is 7.39. The maximum absolute atomic E-state index is 6.53. The molecular weight excluding hydrogens is 280 g/mol. The molecule has 0 aliphatic heterocycles. The topological polar surface area (TPSA) is 9.23 Å². The zero-order chi connectivity index (χ0) is 12.7. The Morgan fingerprint density at radius 3 is 1.81 bits per heavy atom. The minimum Gasteiger partial charge on any atom is -0.412 e. The fourth-order valence-electron chi connectivity index (χ4n) is 2.48. The van der Waals surface area contributed by atoms with Gasteiger partial charge in [-0.05, 0) is 45.3 Å². The summed E-state index contributed by atoms with van der Waals surface area (Å²) in [5.74, 6) is 0. The molecule has 0 spiro atoms. The van der Waals surface area contributed by atoms with Crippen LogP contribution < -0.4 is 0 Å². The van der Waals surface area contributed by atoms with Gasteiger partial charge in [0, 0.05) is 5.33 Å². The van der Waals surface area contributed by atoms with E-state index in [9.17, 15) is 0 Å². The molecule has 0 atom stereocenters. The van der Waals surface area contributed by atoms with Gasteiger partial charge in [-0.25, -0.2) is 0 Å². The van der Waals surface area contributed by atoms with Crippen molar-refractivity contribution in [3.8, 4) is 0 Å². The lowest BCUT2D eigenvalue weighted by molar-refractivity contribution is 0.0316. The van der Waals surface area contributed by atoms with Gasteiger partial charge in [0.25, 0.3) is 0 Å². The Kier molecular flexibility index (Phi) is 8.21. The molecule has 0 bridgehead atoms. The molecule has 0 aliphatic rings. The van der Waals surface area contributed by atoms with Crippen LogP contribution in [0.25, 0.3) is 0 Å². The van der Waals surface area contributed by atoms with E-state index in [4.69, 9.17) is 4.43 Å². The quantitative estimate of drug-likeness (QED) is 0.412. The van der Waals surface area contributed by atoms with E-state index >= 15 is 0 Å². The molecule has 0 aromatic carbocycles. The molecule has 0 saturated carbocycles. The van der Waals surface area contributed by atoms with Crippen molar-refractivity contribution in [3.63, 3.8) is 0 Å². The van der Waals surface area contributed by atoms with Gasteiger partial charge in [0.1, 0.15) is 0 Å². The first kappa shape index (κ1) is 16.7. The van der Waals surface area contributed by atoms with Crippen molar-refractivity contribution >= 4 is 24.2 Å². The van der Waals surface area contributed by atoms with Crippen LogP contribution in [0.1, 0.15) is 52.4 Å². The maximum Gasteiger partial charge on any atom is 0.184 e. The summed E-state index contributed by atoms with van der Waals surface area (Å²) in [5.41, 5.74) is 0.168. The molecule has 0 saturated heterocycles. The lowest BCUT2D eigenvalue weighted by Gasteiger charge is -2.39. The highest BCUT2D eigenvalue weighted by Gasteiger charge is 2.33. The van der Waals surface area contributed by atoms with E-state index in [2.05, 4.69) is 49.4 Å². The Hall–Kier alpha value is 0.657. The molecule has 0 heterocycles. The Morgan fingerprint density at radius 1 is 1.00 bits per heavy atom. The molecule has 98 valence electrons. The van der Waals surface area contributed by atoms with Crippen LogP contribution in [0.15, 0.2) is 0 Å². The van der Waals surface area contributed by atoms with Crippen LogP contribution in [0.3, 0.4) is 0 Å². The third kappa shape index (κ3) is 7.07. The lowest BCUT2D eigenvalue weighted by atomic mass is 9.88.